The molecule has 0 saturated heterocycles. The molecule has 3 rings (SSSR count). The van der Waals surface area contributed by atoms with Crippen LogP contribution in [0, 0.1) is 12.7 Å². The third kappa shape index (κ3) is 7.60. The number of halogens is 2. The molecule has 0 unspecified atom stereocenters. The Hall–Kier alpha value is -3.44. The van der Waals surface area contributed by atoms with Crippen molar-refractivity contribution in [3.63, 3.8) is 0 Å². The summed E-state index contributed by atoms with van der Waals surface area (Å²) >= 11 is 3.33. The van der Waals surface area contributed by atoms with Crippen molar-refractivity contribution in [2.45, 2.75) is 44.7 Å². The van der Waals surface area contributed by atoms with E-state index in [1.165, 1.54) is 54.5 Å². The molecule has 40 heavy (non-hydrogen) atoms. The molecule has 0 aromatic heterocycles. The lowest BCUT2D eigenvalue weighted by Crippen LogP contribution is -2.51. The van der Waals surface area contributed by atoms with Gasteiger partial charge in [0.1, 0.15) is 24.2 Å². The first-order chi connectivity index (χ1) is 19.0. The molecule has 1 N–H and O–H groups in total. The van der Waals surface area contributed by atoms with Crippen LogP contribution in [-0.2, 0) is 26.2 Å². The van der Waals surface area contributed by atoms with Crippen LogP contribution < -0.4 is 14.4 Å². The van der Waals surface area contributed by atoms with E-state index in [0.717, 1.165) is 9.87 Å². The third-order valence-electron chi connectivity index (χ3n) is 6.29. The molecule has 3 aromatic rings. The highest BCUT2D eigenvalue weighted by molar-refractivity contribution is 9.10. The van der Waals surface area contributed by atoms with Gasteiger partial charge in [-0.1, -0.05) is 36.8 Å². The maximum atomic E-state index is 13.9. The number of amides is 2. The number of carbonyl (C=O) groups is 2. The fourth-order valence-corrected chi connectivity index (χ4v) is 6.07. The molecular weight excluding hydrogens is 601 g/mol. The van der Waals surface area contributed by atoms with Crippen LogP contribution in [0.5, 0.6) is 5.75 Å². The van der Waals surface area contributed by atoms with Gasteiger partial charge in [0.2, 0.25) is 11.8 Å². The van der Waals surface area contributed by atoms with Gasteiger partial charge in [0.15, 0.2) is 0 Å². The fraction of sp³-hybridized carbons (Fsp3) is 0.310. The molecule has 3 aromatic carbocycles. The molecule has 11 heteroatoms. The van der Waals surface area contributed by atoms with Gasteiger partial charge in [0.05, 0.1) is 22.2 Å². The van der Waals surface area contributed by atoms with Crippen LogP contribution in [0.15, 0.2) is 76.1 Å². The molecule has 8 nitrogen and oxygen atoms in total. The summed E-state index contributed by atoms with van der Waals surface area (Å²) in [6.45, 7) is 5.20. The Labute approximate surface area is 243 Å². The number of aryl methyl sites for hydroxylation is 1. The van der Waals surface area contributed by atoms with E-state index in [9.17, 15) is 22.4 Å². The van der Waals surface area contributed by atoms with Gasteiger partial charge >= 0.3 is 0 Å². The minimum atomic E-state index is -4.23. The largest absolute Gasteiger partial charge is 0.496 e. The summed E-state index contributed by atoms with van der Waals surface area (Å²) in [4.78, 5) is 28.0. The Morgan fingerprint density at radius 1 is 1.05 bits per heavy atom. The first kappa shape index (κ1) is 31.1. The quantitative estimate of drug-likeness (QED) is 0.301. The lowest BCUT2D eigenvalue weighted by atomic mass is 10.1. The third-order valence-corrected chi connectivity index (χ3v) is 8.68. The normalized spacial score (nSPS) is 11.9. The molecule has 0 bridgehead atoms. The number of nitrogens with one attached hydrogen (secondary N) is 1. The zero-order valence-corrected chi connectivity index (χ0v) is 25.3. The summed E-state index contributed by atoms with van der Waals surface area (Å²) in [6.07, 6.45) is 0.710. The highest BCUT2D eigenvalue weighted by atomic mass is 79.9. The molecule has 0 aliphatic heterocycles. The van der Waals surface area contributed by atoms with Crippen LogP contribution >= 0.6 is 15.9 Å². The van der Waals surface area contributed by atoms with Crippen LogP contribution in [0.25, 0.3) is 0 Å². The minimum absolute atomic E-state index is 0.0182. The summed E-state index contributed by atoms with van der Waals surface area (Å²) in [6, 6.07) is 15.8. The van der Waals surface area contributed by atoms with E-state index in [2.05, 4.69) is 21.2 Å². The van der Waals surface area contributed by atoms with Gasteiger partial charge in [-0.15, -0.1) is 0 Å². The standard InChI is InChI=1S/C29H33BrFN3O5S/c1-5-16-32-29(36)21(3)33(18-22-8-10-23(31)11-9-22)28(35)19-34(24-12-6-20(2)7-13-24)40(37,38)25-14-15-27(39-4)26(30)17-25/h6-15,17,21H,5,16,18-19H2,1-4H3,(H,32,36)/t21-/m1/s1. The number of sulfonamides is 1. The first-order valence-electron chi connectivity index (χ1n) is 12.7. The maximum Gasteiger partial charge on any atom is 0.264 e. The van der Waals surface area contributed by atoms with Crippen molar-refractivity contribution in [2.24, 2.45) is 0 Å². The second kappa shape index (κ2) is 13.8. The number of nitrogens with zero attached hydrogens (tertiary/aromatic N) is 2. The minimum Gasteiger partial charge on any atom is -0.496 e. The van der Waals surface area contributed by atoms with Crippen LogP contribution in [0.3, 0.4) is 0 Å². The molecule has 0 aliphatic carbocycles. The van der Waals surface area contributed by atoms with Crippen molar-refractivity contribution in [1.29, 1.82) is 0 Å². The van der Waals surface area contributed by atoms with Gasteiger partial charge in [-0.25, -0.2) is 12.8 Å². The van der Waals surface area contributed by atoms with E-state index in [0.29, 0.717) is 28.8 Å². The van der Waals surface area contributed by atoms with E-state index in [1.54, 1.807) is 31.2 Å². The molecule has 214 valence electrons. The van der Waals surface area contributed by atoms with Gasteiger partial charge in [0, 0.05) is 13.1 Å². The smallest absolute Gasteiger partial charge is 0.264 e. The molecule has 0 saturated carbocycles. The summed E-state index contributed by atoms with van der Waals surface area (Å²) in [5.74, 6) is -0.951. The Morgan fingerprint density at radius 2 is 1.70 bits per heavy atom. The highest BCUT2D eigenvalue weighted by Crippen LogP contribution is 2.31. The Bertz CT molecular complexity index is 1430. The molecule has 0 aliphatic rings. The molecular formula is C29H33BrFN3O5S. The number of ether oxygens (including phenoxy) is 1. The van der Waals surface area contributed by atoms with Crippen LogP contribution in [0.2, 0.25) is 0 Å². The predicted molar refractivity (Wildman–Crippen MR) is 156 cm³/mol. The second-order valence-electron chi connectivity index (χ2n) is 9.26. The number of hydrogen-bond donors (Lipinski definition) is 1. The van der Waals surface area contributed by atoms with E-state index < -0.39 is 34.3 Å². The number of benzene rings is 3. The predicted octanol–water partition coefficient (Wildman–Crippen LogP) is 5.04. The van der Waals surface area contributed by atoms with E-state index >= 15 is 0 Å². The number of carbonyl (C=O) groups excluding carboxylic acids is 2. The van der Waals surface area contributed by atoms with Crippen molar-refractivity contribution in [3.8, 4) is 5.75 Å². The summed E-state index contributed by atoms with van der Waals surface area (Å²) < 4.78 is 48.1. The van der Waals surface area contributed by atoms with Gasteiger partial charge in [-0.05, 0) is 84.2 Å². The number of rotatable bonds is 12. The lowest BCUT2D eigenvalue weighted by molar-refractivity contribution is -0.139. The zero-order valence-electron chi connectivity index (χ0n) is 22.9. The Balaban J connectivity index is 2.03. The van der Waals surface area contributed by atoms with Gasteiger partial charge in [-0.2, -0.15) is 0 Å². The molecule has 1 atom stereocenters. The van der Waals surface area contributed by atoms with Crippen molar-refractivity contribution < 1.29 is 27.1 Å². The number of methoxy groups -OCH3 is 1. The molecule has 0 radical (unpaired) electrons. The monoisotopic (exact) mass is 633 g/mol. The van der Waals surface area contributed by atoms with Gasteiger partial charge < -0.3 is 15.0 Å². The van der Waals surface area contributed by atoms with Gasteiger partial charge in [0.25, 0.3) is 10.0 Å². The zero-order chi connectivity index (χ0) is 29.4. The average Bonchev–Trinajstić information content (AvgIpc) is 2.94. The molecule has 0 heterocycles. The SMILES string of the molecule is CCCNC(=O)[C@@H](C)N(Cc1ccc(F)cc1)C(=O)CN(c1ccc(C)cc1)S(=O)(=O)c1ccc(OC)c(Br)c1. The van der Waals surface area contributed by atoms with E-state index in [1.807, 2.05) is 13.8 Å². The summed E-state index contributed by atoms with van der Waals surface area (Å²) in [5.41, 5.74) is 1.79. The Morgan fingerprint density at radius 3 is 2.27 bits per heavy atom. The van der Waals surface area contributed by atoms with Crippen LogP contribution in [-0.4, -0.2) is 51.4 Å². The first-order valence-corrected chi connectivity index (χ1v) is 15.0. The van der Waals surface area contributed by atoms with E-state index in [4.69, 9.17) is 4.74 Å². The Kier molecular flexibility index (Phi) is 10.7. The number of hydrogen-bond acceptors (Lipinski definition) is 5. The second-order valence-corrected chi connectivity index (χ2v) is 12.0. The van der Waals surface area contributed by atoms with Crippen molar-refractivity contribution in [2.75, 3.05) is 24.5 Å². The van der Waals surface area contributed by atoms with Crippen molar-refractivity contribution in [3.05, 3.63) is 88.1 Å². The number of anilines is 1. The average molecular weight is 635 g/mol. The highest BCUT2D eigenvalue weighted by Gasteiger charge is 2.32. The lowest BCUT2D eigenvalue weighted by Gasteiger charge is -2.32. The molecule has 0 spiro atoms. The van der Waals surface area contributed by atoms with Crippen LogP contribution in [0.4, 0.5) is 10.1 Å². The van der Waals surface area contributed by atoms with E-state index in [-0.39, 0.29) is 23.0 Å². The van der Waals surface area contributed by atoms with Crippen LogP contribution in [0.1, 0.15) is 31.4 Å². The topological polar surface area (TPSA) is 96.0 Å². The molecule has 0 fully saturated rings. The maximum absolute atomic E-state index is 13.9. The van der Waals surface area contributed by atoms with Crippen molar-refractivity contribution in [1.82, 2.24) is 10.2 Å². The molecule has 2 amide bonds. The fourth-order valence-electron chi connectivity index (χ4n) is 3.94. The van der Waals surface area contributed by atoms with Gasteiger partial charge in [-0.3, -0.25) is 13.9 Å². The van der Waals surface area contributed by atoms with Crippen molar-refractivity contribution >= 4 is 43.5 Å². The summed E-state index contributed by atoms with van der Waals surface area (Å²) in [5, 5.41) is 2.78. The summed E-state index contributed by atoms with van der Waals surface area (Å²) in [7, 11) is -2.76.